The first-order chi connectivity index (χ1) is 17.4. The van der Waals surface area contributed by atoms with Crippen LogP contribution in [0.3, 0.4) is 0 Å². The molecule has 1 N–H and O–H groups in total. The predicted molar refractivity (Wildman–Crippen MR) is 136 cm³/mol. The number of hydrogen-bond donors (Lipinski definition) is 1. The first-order valence-corrected chi connectivity index (χ1v) is 11.6. The summed E-state index contributed by atoms with van der Waals surface area (Å²) in [6.45, 7) is 6.12. The van der Waals surface area contributed by atoms with Crippen molar-refractivity contribution in [3.8, 4) is 34.8 Å². The quantitative estimate of drug-likeness (QED) is 0.333. The normalized spacial score (nSPS) is 11.5. The number of pyridine rings is 1. The third kappa shape index (κ3) is 5.54. The Labute approximate surface area is 210 Å². The molecule has 0 aliphatic rings. The number of aliphatic carboxylic acids is 1. The zero-order valence-corrected chi connectivity index (χ0v) is 20.4. The number of rotatable bonds is 8. The number of ether oxygens (including phenoxy) is 1. The molecule has 1 unspecified atom stereocenters. The highest BCUT2D eigenvalue weighted by molar-refractivity contribution is 5.78. The van der Waals surface area contributed by atoms with Gasteiger partial charge in [0.15, 0.2) is 11.5 Å². The Morgan fingerprint density at radius 3 is 2.47 bits per heavy atom. The van der Waals surface area contributed by atoms with Crippen molar-refractivity contribution >= 4 is 11.6 Å². The zero-order valence-electron chi connectivity index (χ0n) is 20.4. The summed E-state index contributed by atoms with van der Waals surface area (Å²) in [5.41, 5.74) is 4.94. The second-order valence-corrected chi connectivity index (χ2v) is 8.75. The average Bonchev–Trinajstić information content (AvgIpc) is 3.32. The second kappa shape index (κ2) is 10.8. The van der Waals surface area contributed by atoms with Gasteiger partial charge in [-0.25, -0.2) is 9.50 Å². The van der Waals surface area contributed by atoms with E-state index in [1.54, 1.807) is 23.6 Å². The average molecular weight is 479 g/mol. The molecule has 0 bridgehead atoms. The molecule has 2 aromatic heterocycles. The lowest BCUT2D eigenvalue weighted by Gasteiger charge is -2.12. The Hall–Kier alpha value is -4.62. The molecule has 36 heavy (non-hydrogen) atoms. The molecule has 0 spiro atoms. The molecule has 4 aromatic rings. The summed E-state index contributed by atoms with van der Waals surface area (Å²) >= 11 is 0. The first-order valence-electron chi connectivity index (χ1n) is 11.6. The van der Waals surface area contributed by atoms with Crippen LogP contribution in [-0.4, -0.2) is 25.7 Å². The van der Waals surface area contributed by atoms with Crippen molar-refractivity contribution in [1.29, 1.82) is 5.26 Å². The minimum atomic E-state index is -0.884. The van der Waals surface area contributed by atoms with Crippen LogP contribution in [0.15, 0.2) is 60.8 Å². The monoisotopic (exact) mass is 478 g/mol. The highest BCUT2D eigenvalue weighted by atomic mass is 16.5. The number of benzene rings is 2. The molecule has 7 heteroatoms. The van der Waals surface area contributed by atoms with Gasteiger partial charge in [-0.1, -0.05) is 44.0 Å². The minimum Gasteiger partial charge on any atom is -0.489 e. The van der Waals surface area contributed by atoms with Crippen molar-refractivity contribution < 1.29 is 14.6 Å². The second-order valence-electron chi connectivity index (χ2n) is 8.75. The Kier molecular flexibility index (Phi) is 7.32. The highest BCUT2D eigenvalue weighted by Gasteiger charge is 2.15. The van der Waals surface area contributed by atoms with E-state index in [2.05, 4.69) is 36.9 Å². The number of fused-ring (bicyclic) bond motifs is 1. The fourth-order valence-electron chi connectivity index (χ4n) is 3.88. The third-order valence-electron chi connectivity index (χ3n) is 5.73. The molecule has 0 amide bonds. The number of nitriles is 1. The molecule has 4 rings (SSSR count). The summed E-state index contributed by atoms with van der Waals surface area (Å²) in [6.07, 6.45) is 1.87. The van der Waals surface area contributed by atoms with Crippen LogP contribution in [-0.2, 0) is 11.4 Å². The van der Waals surface area contributed by atoms with Crippen molar-refractivity contribution in [2.75, 3.05) is 0 Å². The summed E-state index contributed by atoms with van der Waals surface area (Å²) < 4.78 is 7.82. The fourth-order valence-corrected chi connectivity index (χ4v) is 3.88. The number of nitrogens with zero attached hydrogens (tertiary/aromatic N) is 4. The van der Waals surface area contributed by atoms with E-state index in [1.807, 2.05) is 48.7 Å². The molecule has 0 aliphatic heterocycles. The number of hydrogen-bond acceptors (Lipinski definition) is 5. The maximum absolute atomic E-state index is 11.2. The molecule has 0 fully saturated rings. The Morgan fingerprint density at radius 1 is 1.14 bits per heavy atom. The van der Waals surface area contributed by atoms with Gasteiger partial charge in [0.1, 0.15) is 12.4 Å². The van der Waals surface area contributed by atoms with Crippen molar-refractivity contribution in [1.82, 2.24) is 14.6 Å². The summed E-state index contributed by atoms with van der Waals surface area (Å²) in [4.78, 5) is 15.9. The Bertz CT molecular complexity index is 1480. The molecule has 2 heterocycles. The van der Waals surface area contributed by atoms with Gasteiger partial charge >= 0.3 is 5.97 Å². The van der Waals surface area contributed by atoms with E-state index in [4.69, 9.17) is 20.1 Å². The van der Waals surface area contributed by atoms with Crippen molar-refractivity contribution in [2.24, 2.45) is 0 Å². The van der Waals surface area contributed by atoms with Gasteiger partial charge in [0, 0.05) is 23.2 Å². The molecule has 0 aliphatic carbocycles. The van der Waals surface area contributed by atoms with Crippen molar-refractivity contribution in [3.05, 3.63) is 83.3 Å². The van der Waals surface area contributed by atoms with Gasteiger partial charge in [-0.15, -0.1) is 5.92 Å². The SMILES string of the molecule is CC#CC(CC(=O)O)c1ccc(OCc2cc(-c3ccc(C#N)cc3)c3nc(C(C)C)nn3c2)cc1. The molecule has 180 valence electrons. The van der Waals surface area contributed by atoms with Gasteiger partial charge in [0.05, 0.1) is 24.0 Å². The largest absolute Gasteiger partial charge is 0.489 e. The lowest BCUT2D eigenvalue weighted by molar-refractivity contribution is -0.137. The summed E-state index contributed by atoms with van der Waals surface area (Å²) in [7, 11) is 0. The number of aromatic nitrogens is 3. The van der Waals surface area contributed by atoms with Gasteiger partial charge in [-0.05, 0) is 48.4 Å². The van der Waals surface area contributed by atoms with E-state index in [0.717, 1.165) is 33.7 Å². The van der Waals surface area contributed by atoms with Crippen LogP contribution in [0.2, 0.25) is 0 Å². The van der Waals surface area contributed by atoms with Crippen LogP contribution in [0, 0.1) is 23.2 Å². The van der Waals surface area contributed by atoms with Crippen LogP contribution in [0.5, 0.6) is 5.75 Å². The van der Waals surface area contributed by atoms with Crippen molar-refractivity contribution in [2.45, 2.75) is 45.6 Å². The smallest absolute Gasteiger partial charge is 0.304 e. The van der Waals surface area contributed by atoms with Crippen LogP contribution >= 0.6 is 0 Å². The molecule has 1 atom stereocenters. The maximum Gasteiger partial charge on any atom is 0.304 e. The van der Waals surface area contributed by atoms with E-state index in [-0.39, 0.29) is 18.3 Å². The lowest BCUT2D eigenvalue weighted by Crippen LogP contribution is -2.05. The molecule has 7 nitrogen and oxygen atoms in total. The fraction of sp³-hybridized carbons (Fsp3) is 0.241. The van der Waals surface area contributed by atoms with Crippen LogP contribution in [0.4, 0.5) is 0 Å². The zero-order chi connectivity index (χ0) is 25.7. The van der Waals surface area contributed by atoms with E-state index in [0.29, 0.717) is 17.9 Å². The van der Waals surface area contributed by atoms with Gasteiger partial charge in [-0.3, -0.25) is 4.79 Å². The maximum atomic E-state index is 11.2. The summed E-state index contributed by atoms with van der Waals surface area (Å²) in [5.74, 6) is 6.12. The van der Waals surface area contributed by atoms with Gasteiger partial charge in [0.2, 0.25) is 0 Å². The summed E-state index contributed by atoms with van der Waals surface area (Å²) in [6, 6.07) is 18.9. The van der Waals surface area contributed by atoms with Gasteiger partial charge in [-0.2, -0.15) is 10.4 Å². The topological polar surface area (TPSA) is 101 Å². The van der Waals surface area contributed by atoms with E-state index in [1.165, 1.54) is 0 Å². The molecular weight excluding hydrogens is 452 g/mol. The van der Waals surface area contributed by atoms with E-state index < -0.39 is 5.97 Å². The number of carbonyl (C=O) groups is 1. The number of carboxylic acid groups (broad SMARTS) is 1. The van der Waals surface area contributed by atoms with Crippen LogP contribution in [0.1, 0.15) is 61.5 Å². The summed E-state index contributed by atoms with van der Waals surface area (Å²) in [5, 5.41) is 23.0. The first kappa shape index (κ1) is 24.5. The van der Waals surface area contributed by atoms with Crippen molar-refractivity contribution in [3.63, 3.8) is 0 Å². The van der Waals surface area contributed by atoms with Crippen LogP contribution < -0.4 is 4.74 Å². The molecule has 0 saturated heterocycles. The Morgan fingerprint density at radius 2 is 1.86 bits per heavy atom. The van der Waals surface area contributed by atoms with E-state index in [9.17, 15) is 4.79 Å². The third-order valence-corrected chi connectivity index (χ3v) is 5.73. The standard InChI is InChI=1S/C29H26N4O3/c1-4-5-24(15-27(34)35)22-10-12-25(13-11-22)36-18-21-14-26(23-8-6-20(16-30)7-9-23)29-31-28(19(2)3)32-33(29)17-21/h6-14,17,19,24H,15,18H2,1-3H3,(H,34,35). The highest BCUT2D eigenvalue weighted by Crippen LogP contribution is 2.28. The Balaban J connectivity index is 1.61. The van der Waals surface area contributed by atoms with Gasteiger partial charge in [0.25, 0.3) is 0 Å². The minimum absolute atomic E-state index is 0.0462. The van der Waals surface area contributed by atoms with E-state index >= 15 is 0 Å². The molecule has 0 radical (unpaired) electrons. The van der Waals surface area contributed by atoms with Crippen LogP contribution in [0.25, 0.3) is 16.8 Å². The van der Waals surface area contributed by atoms with Gasteiger partial charge < -0.3 is 9.84 Å². The predicted octanol–water partition coefficient (Wildman–Crippen LogP) is 5.55. The lowest BCUT2D eigenvalue weighted by atomic mass is 9.96. The number of carboxylic acids is 1. The molecule has 0 saturated carbocycles. The molecule has 2 aromatic carbocycles. The molecular formula is C29H26N4O3.